The van der Waals surface area contributed by atoms with Crippen molar-refractivity contribution in [3.05, 3.63) is 22.4 Å². The van der Waals surface area contributed by atoms with Crippen LogP contribution in [0.3, 0.4) is 0 Å². The molecular weight excluding hydrogens is 280 g/mol. The van der Waals surface area contributed by atoms with Crippen LogP contribution in [-0.4, -0.2) is 38.0 Å². The van der Waals surface area contributed by atoms with Gasteiger partial charge >= 0.3 is 12.0 Å². The number of hydrogen-bond donors (Lipinski definition) is 1. The van der Waals surface area contributed by atoms with Gasteiger partial charge in [0.1, 0.15) is 12.5 Å². The van der Waals surface area contributed by atoms with Gasteiger partial charge in [-0.25, -0.2) is 9.79 Å². The van der Waals surface area contributed by atoms with Gasteiger partial charge in [0, 0.05) is 17.7 Å². The van der Waals surface area contributed by atoms with E-state index in [1.807, 2.05) is 17.5 Å². The highest BCUT2D eigenvalue weighted by molar-refractivity contribution is 7.10. The van der Waals surface area contributed by atoms with Gasteiger partial charge in [-0.15, -0.1) is 11.3 Å². The summed E-state index contributed by atoms with van der Waals surface area (Å²) in [4.78, 5) is 28.4. The zero-order valence-electron chi connectivity index (χ0n) is 11.3. The normalized spacial score (nSPS) is 22.1. The molecule has 0 saturated heterocycles. The Kier molecular flexibility index (Phi) is 4.86. The van der Waals surface area contributed by atoms with Gasteiger partial charge in [0.25, 0.3) is 0 Å². The zero-order valence-corrected chi connectivity index (χ0v) is 12.1. The van der Waals surface area contributed by atoms with Gasteiger partial charge in [-0.3, -0.25) is 4.79 Å². The topological polar surface area (TPSA) is 77.0 Å². The first kappa shape index (κ1) is 14.7. The number of nitrogens with zero attached hydrogens (tertiary/aromatic N) is 1. The van der Waals surface area contributed by atoms with Crippen molar-refractivity contribution in [2.75, 3.05) is 20.3 Å². The van der Waals surface area contributed by atoms with E-state index in [1.54, 1.807) is 6.92 Å². The summed E-state index contributed by atoms with van der Waals surface area (Å²) in [6, 6.07) is 2.90. The molecule has 0 aromatic carbocycles. The van der Waals surface area contributed by atoms with E-state index in [2.05, 4.69) is 10.3 Å². The summed E-state index contributed by atoms with van der Waals surface area (Å²) in [6.07, 6.45) is 0. The van der Waals surface area contributed by atoms with Crippen molar-refractivity contribution in [2.45, 2.75) is 13.0 Å². The fourth-order valence-electron chi connectivity index (χ4n) is 2.05. The van der Waals surface area contributed by atoms with E-state index < -0.39 is 24.0 Å². The Bertz CT molecular complexity index is 512. The Hall–Kier alpha value is -1.73. The lowest BCUT2D eigenvalue weighted by molar-refractivity contribution is -0.148. The maximum Gasteiger partial charge on any atom is 0.341 e. The van der Waals surface area contributed by atoms with E-state index in [0.717, 1.165) is 4.88 Å². The van der Waals surface area contributed by atoms with Crippen molar-refractivity contribution < 1.29 is 19.1 Å². The van der Waals surface area contributed by atoms with Gasteiger partial charge in [0.15, 0.2) is 0 Å². The minimum Gasteiger partial charge on any atom is -0.463 e. The van der Waals surface area contributed by atoms with Crippen molar-refractivity contribution in [1.82, 2.24) is 5.32 Å². The molecule has 2 heterocycles. The molecule has 7 heteroatoms. The maximum absolute atomic E-state index is 12.2. The van der Waals surface area contributed by atoms with Crippen molar-refractivity contribution in [2.24, 2.45) is 10.9 Å². The highest BCUT2D eigenvalue weighted by atomic mass is 32.1. The van der Waals surface area contributed by atoms with Gasteiger partial charge in [-0.05, 0) is 18.4 Å². The monoisotopic (exact) mass is 296 g/mol. The summed E-state index contributed by atoms with van der Waals surface area (Å²) in [6.45, 7) is 2.19. The first-order valence-electron chi connectivity index (χ1n) is 6.18. The van der Waals surface area contributed by atoms with Gasteiger partial charge in [-0.2, -0.15) is 0 Å². The third-order valence-electron chi connectivity index (χ3n) is 2.98. The van der Waals surface area contributed by atoms with Crippen LogP contribution in [0.4, 0.5) is 4.79 Å². The van der Waals surface area contributed by atoms with E-state index in [1.165, 1.54) is 18.4 Å². The van der Waals surface area contributed by atoms with E-state index in [0.29, 0.717) is 12.3 Å². The SMILES string of the molecule is COCCOC(=O)C1C(C)=NC(=O)NC1c1cccs1. The molecular formula is C13H16N2O4S. The Morgan fingerprint density at radius 1 is 1.50 bits per heavy atom. The van der Waals surface area contributed by atoms with Crippen molar-refractivity contribution in [3.8, 4) is 0 Å². The summed E-state index contributed by atoms with van der Waals surface area (Å²) in [5.41, 5.74) is 0.467. The molecule has 0 saturated carbocycles. The molecule has 6 nitrogen and oxygen atoms in total. The van der Waals surface area contributed by atoms with Crippen molar-refractivity contribution >= 4 is 29.0 Å². The fraction of sp³-hybridized carbons (Fsp3) is 0.462. The first-order valence-corrected chi connectivity index (χ1v) is 7.06. The molecule has 0 fully saturated rings. The average Bonchev–Trinajstić information content (AvgIpc) is 2.91. The van der Waals surface area contributed by atoms with Crippen LogP contribution in [0.2, 0.25) is 0 Å². The minimum atomic E-state index is -0.594. The number of nitrogens with one attached hydrogen (secondary N) is 1. The fourth-order valence-corrected chi connectivity index (χ4v) is 2.86. The molecule has 2 atom stereocenters. The average molecular weight is 296 g/mol. The van der Waals surface area contributed by atoms with E-state index in [-0.39, 0.29) is 6.61 Å². The lowest BCUT2D eigenvalue weighted by atomic mass is 9.92. The quantitative estimate of drug-likeness (QED) is 0.663. The van der Waals surface area contributed by atoms with Crippen LogP contribution in [0, 0.1) is 5.92 Å². The van der Waals surface area contributed by atoms with Crippen LogP contribution in [0.25, 0.3) is 0 Å². The smallest absolute Gasteiger partial charge is 0.341 e. The molecule has 0 spiro atoms. The van der Waals surface area contributed by atoms with Crippen molar-refractivity contribution in [1.29, 1.82) is 0 Å². The molecule has 2 unspecified atom stereocenters. The largest absolute Gasteiger partial charge is 0.463 e. The number of esters is 1. The van der Waals surface area contributed by atoms with Crippen LogP contribution in [0.15, 0.2) is 22.5 Å². The molecule has 0 radical (unpaired) electrons. The summed E-state index contributed by atoms with van der Waals surface area (Å²) in [5.74, 6) is -0.995. The van der Waals surface area contributed by atoms with E-state index >= 15 is 0 Å². The number of carbonyl (C=O) groups excluding carboxylic acids is 2. The molecule has 108 valence electrons. The lowest BCUT2D eigenvalue weighted by Crippen LogP contribution is -2.44. The molecule has 1 aliphatic rings. The molecule has 20 heavy (non-hydrogen) atoms. The predicted octanol–water partition coefficient (Wildman–Crippen LogP) is 1.78. The maximum atomic E-state index is 12.2. The Balaban J connectivity index is 2.18. The van der Waals surface area contributed by atoms with Gasteiger partial charge in [0.2, 0.25) is 0 Å². The Labute approximate surface area is 120 Å². The van der Waals surface area contributed by atoms with Gasteiger partial charge in [-0.1, -0.05) is 6.07 Å². The number of methoxy groups -OCH3 is 1. The molecule has 1 aromatic rings. The van der Waals surface area contributed by atoms with Crippen LogP contribution in [-0.2, 0) is 14.3 Å². The Morgan fingerprint density at radius 3 is 2.95 bits per heavy atom. The summed E-state index contributed by atoms with van der Waals surface area (Å²) in [7, 11) is 1.54. The van der Waals surface area contributed by atoms with Crippen LogP contribution in [0.1, 0.15) is 17.8 Å². The lowest BCUT2D eigenvalue weighted by Gasteiger charge is -2.28. The second kappa shape index (κ2) is 6.62. The number of hydrogen-bond acceptors (Lipinski definition) is 5. The zero-order chi connectivity index (χ0) is 14.5. The second-order valence-electron chi connectivity index (χ2n) is 4.33. The number of amides is 2. The highest BCUT2D eigenvalue weighted by Gasteiger charge is 2.38. The number of thiophene rings is 1. The molecule has 1 N–H and O–H groups in total. The van der Waals surface area contributed by atoms with Gasteiger partial charge < -0.3 is 14.8 Å². The minimum absolute atomic E-state index is 0.185. The summed E-state index contributed by atoms with van der Waals surface area (Å²) >= 11 is 1.48. The number of rotatable bonds is 5. The molecule has 0 aliphatic carbocycles. The van der Waals surface area contributed by atoms with Crippen molar-refractivity contribution in [3.63, 3.8) is 0 Å². The molecule has 1 aliphatic heterocycles. The third kappa shape index (κ3) is 3.23. The second-order valence-corrected chi connectivity index (χ2v) is 5.31. The third-order valence-corrected chi connectivity index (χ3v) is 3.93. The summed E-state index contributed by atoms with van der Waals surface area (Å²) in [5, 5.41) is 4.62. The van der Waals surface area contributed by atoms with E-state index in [4.69, 9.17) is 9.47 Å². The number of ether oxygens (including phenoxy) is 2. The highest BCUT2D eigenvalue weighted by Crippen LogP contribution is 2.30. The summed E-state index contributed by atoms with van der Waals surface area (Å²) < 4.78 is 10.0. The van der Waals surface area contributed by atoms with Crippen LogP contribution >= 0.6 is 11.3 Å². The molecule has 1 aromatic heterocycles. The number of urea groups is 1. The number of aliphatic imine (C=N–C) groups is 1. The predicted molar refractivity (Wildman–Crippen MR) is 75.0 cm³/mol. The first-order chi connectivity index (χ1) is 9.63. The Morgan fingerprint density at radius 2 is 2.30 bits per heavy atom. The van der Waals surface area contributed by atoms with Gasteiger partial charge in [0.05, 0.1) is 12.6 Å². The number of carbonyl (C=O) groups is 2. The molecule has 2 rings (SSSR count). The molecule has 0 bridgehead atoms. The standard InChI is InChI=1S/C13H16N2O4S/c1-8-10(12(16)19-6-5-18-2)11(15-13(17)14-8)9-4-3-7-20-9/h3-4,7,10-11H,5-6H2,1-2H3,(H,15,17). The van der Waals surface area contributed by atoms with Crippen LogP contribution in [0.5, 0.6) is 0 Å². The van der Waals surface area contributed by atoms with E-state index in [9.17, 15) is 9.59 Å². The molecule has 2 amide bonds. The van der Waals surface area contributed by atoms with Crippen LogP contribution < -0.4 is 5.32 Å².